The van der Waals surface area contributed by atoms with Gasteiger partial charge >= 0.3 is 0 Å². The molecule has 0 aliphatic carbocycles. The number of likely N-dealkylation sites (tertiary alicyclic amines) is 1. The number of rotatable bonds is 3. The van der Waals surface area contributed by atoms with Crippen LogP contribution in [0, 0.1) is 6.92 Å². The zero-order valence-corrected chi connectivity index (χ0v) is 11.6. The van der Waals surface area contributed by atoms with Crippen molar-refractivity contribution < 1.29 is 14.3 Å². The Labute approximate surface area is 113 Å². The number of carbonyl (C=O) groups excluding carboxylic acids is 1. The van der Waals surface area contributed by atoms with Crippen molar-refractivity contribution in [3.8, 4) is 0 Å². The molecule has 0 bridgehead atoms. The van der Waals surface area contributed by atoms with Crippen LogP contribution >= 0.6 is 0 Å². The number of benzene rings is 1. The highest BCUT2D eigenvalue weighted by atomic mass is 16.5. The van der Waals surface area contributed by atoms with Crippen LogP contribution in [0.5, 0.6) is 0 Å². The van der Waals surface area contributed by atoms with Crippen LogP contribution in [0.4, 0.5) is 5.69 Å². The predicted octanol–water partition coefficient (Wildman–Crippen LogP) is 1.06. The zero-order valence-electron chi connectivity index (χ0n) is 11.6. The minimum atomic E-state index is -0.0666. The van der Waals surface area contributed by atoms with Gasteiger partial charge in [0.25, 0.3) is 5.91 Å². The Morgan fingerprint density at radius 2 is 1.84 bits per heavy atom. The molecule has 1 aromatic rings. The van der Waals surface area contributed by atoms with Gasteiger partial charge in [0.2, 0.25) is 0 Å². The molecule has 1 heterocycles. The Morgan fingerprint density at radius 1 is 1.26 bits per heavy atom. The number of hydrogen-bond donors (Lipinski definition) is 1. The molecule has 1 fully saturated rings. The van der Waals surface area contributed by atoms with Crippen molar-refractivity contribution in [3.05, 3.63) is 29.3 Å². The van der Waals surface area contributed by atoms with Gasteiger partial charge in [0.1, 0.15) is 12.2 Å². The molecule has 2 unspecified atom stereocenters. The Morgan fingerprint density at radius 3 is 2.32 bits per heavy atom. The van der Waals surface area contributed by atoms with Crippen molar-refractivity contribution in [2.75, 3.05) is 33.0 Å². The first kappa shape index (κ1) is 13.8. The maximum atomic E-state index is 12.5. The van der Waals surface area contributed by atoms with Crippen LogP contribution in [0.1, 0.15) is 15.9 Å². The van der Waals surface area contributed by atoms with Gasteiger partial charge < -0.3 is 20.1 Å². The number of aryl methyl sites for hydroxylation is 1. The lowest BCUT2D eigenvalue weighted by Gasteiger charge is -2.17. The highest BCUT2D eigenvalue weighted by Gasteiger charge is 2.36. The van der Waals surface area contributed by atoms with Gasteiger partial charge in [-0.3, -0.25) is 4.79 Å². The van der Waals surface area contributed by atoms with Gasteiger partial charge in [-0.05, 0) is 30.7 Å². The van der Waals surface area contributed by atoms with Crippen molar-refractivity contribution in [3.63, 3.8) is 0 Å². The Bertz CT molecular complexity index is 464. The summed E-state index contributed by atoms with van der Waals surface area (Å²) in [6.07, 6.45) is -0.133. The van der Waals surface area contributed by atoms with E-state index in [9.17, 15) is 4.79 Å². The van der Waals surface area contributed by atoms with Crippen LogP contribution in [0.15, 0.2) is 18.2 Å². The molecule has 1 aliphatic rings. The minimum Gasteiger partial charge on any atom is -0.399 e. The first-order valence-electron chi connectivity index (χ1n) is 6.27. The van der Waals surface area contributed by atoms with E-state index in [2.05, 4.69) is 0 Å². The molecule has 1 aromatic carbocycles. The fraction of sp³-hybridized carbons (Fsp3) is 0.500. The second kappa shape index (κ2) is 5.59. The van der Waals surface area contributed by atoms with Crippen molar-refractivity contribution in [2.45, 2.75) is 19.1 Å². The topological polar surface area (TPSA) is 64.8 Å². The van der Waals surface area contributed by atoms with E-state index in [0.717, 1.165) is 5.56 Å². The van der Waals surface area contributed by atoms with E-state index in [1.54, 1.807) is 31.3 Å². The van der Waals surface area contributed by atoms with Gasteiger partial charge in [0, 0.05) is 38.6 Å². The molecule has 1 saturated heterocycles. The number of hydrogen-bond acceptors (Lipinski definition) is 4. The Kier molecular flexibility index (Phi) is 4.07. The van der Waals surface area contributed by atoms with E-state index in [0.29, 0.717) is 24.3 Å². The number of methoxy groups -OCH3 is 2. The number of carbonyl (C=O) groups is 1. The molecule has 0 aromatic heterocycles. The third-order valence-electron chi connectivity index (χ3n) is 3.59. The number of amides is 1. The molecule has 0 spiro atoms. The zero-order chi connectivity index (χ0) is 14.0. The van der Waals surface area contributed by atoms with Crippen molar-refractivity contribution in [2.24, 2.45) is 0 Å². The van der Waals surface area contributed by atoms with Gasteiger partial charge in [-0.15, -0.1) is 0 Å². The standard InChI is InChI=1S/C14H20N2O3/c1-9-6-10(15)4-5-11(9)14(17)16-7-12(18-2)13(8-16)19-3/h4-6,12-13H,7-8,15H2,1-3H3. The molecule has 5 heteroatoms. The molecule has 5 nitrogen and oxygen atoms in total. The summed E-state index contributed by atoms with van der Waals surface area (Å²) in [4.78, 5) is 14.2. The van der Waals surface area contributed by atoms with E-state index in [1.165, 1.54) is 0 Å². The Hall–Kier alpha value is -1.59. The fourth-order valence-corrected chi connectivity index (χ4v) is 2.46. The number of nitrogen functional groups attached to an aromatic ring is 1. The predicted molar refractivity (Wildman–Crippen MR) is 73.1 cm³/mol. The van der Waals surface area contributed by atoms with Crippen molar-refractivity contribution in [1.82, 2.24) is 4.90 Å². The second-order valence-corrected chi connectivity index (χ2v) is 4.83. The van der Waals surface area contributed by atoms with Crippen LogP contribution in [-0.2, 0) is 9.47 Å². The molecular formula is C14H20N2O3. The highest BCUT2D eigenvalue weighted by molar-refractivity contribution is 5.96. The normalized spacial score (nSPS) is 22.8. The van der Waals surface area contributed by atoms with Gasteiger partial charge in [-0.25, -0.2) is 0 Å². The van der Waals surface area contributed by atoms with Gasteiger partial charge in [-0.2, -0.15) is 0 Å². The summed E-state index contributed by atoms with van der Waals surface area (Å²) in [6.45, 7) is 3.00. The maximum Gasteiger partial charge on any atom is 0.254 e. The smallest absolute Gasteiger partial charge is 0.254 e. The van der Waals surface area contributed by atoms with E-state index >= 15 is 0 Å². The van der Waals surface area contributed by atoms with Crippen LogP contribution in [0.2, 0.25) is 0 Å². The maximum absolute atomic E-state index is 12.5. The first-order chi connectivity index (χ1) is 9.06. The summed E-state index contributed by atoms with van der Waals surface area (Å²) in [5, 5.41) is 0. The molecule has 2 rings (SSSR count). The summed E-state index contributed by atoms with van der Waals surface area (Å²) in [6, 6.07) is 5.33. The SMILES string of the molecule is COC1CN(C(=O)c2ccc(N)cc2C)CC1OC. The van der Waals surface area contributed by atoms with Gasteiger partial charge in [0.15, 0.2) is 0 Å². The third-order valence-corrected chi connectivity index (χ3v) is 3.59. The van der Waals surface area contributed by atoms with Crippen LogP contribution in [0.3, 0.4) is 0 Å². The molecule has 0 saturated carbocycles. The van der Waals surface area contributed by atoms with Crippen molar-refractivity contribution >= 4 is 11.6 Å². The monoisotopic (exact) mass is 264 g/mol. The van der Waals surface area contributed by atoms with E-state index < -0.39 is 0 Å². The van der Waals surface area contributed by atoms with E-state index in [4.69, 9.17) is 15.2 Å². The summed E-state index contributed by atoms with van der Waals surface area (Å²) in [7, 11) is 3.28. The summed E-state index contributed by atoms with van der Waals surface area (Å²) in [5.41, 5.74) is 7.94. The average molecular weight is 264 g/mol. The second-order valence-electron chi connectivity index (χ2n) is 4.83. The lowest BCUT2D eigenvalue weighted by molar-refractivity contribution is -0.00461. The highest BCUT2D eigenvalue weighted by Crippen LogP contribution is 2.21. The van der Waals surface area contributed by atoms with Gasteiger partial charge in [0.05, 0.1) is 0 Å². The largest absolute Gasteiger partial charge is 0.399 e. The minimum absolute atomic E-state index is 0.000833. The quantitative estimate of drug-likeness (QED) is 0.829. The number of anilines is 1. The van der Waals surface area contributed by atoms with Crippen LogP contribution in [0.25, 0.3) is 0 Å². The summed E-state index contributed by atoms with van der Waals surface area (Å²) >= 11 is 0. The molecule has 104 valence electrons. The Balaban J connectivity index is 2.17. The van der Waals surface area contributed by atoms with E-state index in [-0.39, 0.29) is 18.1 Å². The number of ether oxygens (including phenoxy) is 2. The van der Waals surface area contributed by atoms with Gasteiger partial charge in [-0.1, -0.05) is 0 Å². The molecule has 2 N–H and O–H groups in total. The van der Waals surface area contributed by atoms with Crippen LogP contribution in [-0.4, -0.2) is 50.3 Å². The lowest BCUT2D eigenvalue weighted by atomic mass is 10.1. The molecule has 0 radical (unpaired) electrons. The molecule has 1 amide bonds. The molecule has 19 heavy (non-hydrogen) atoms. The first-order valence-corrected chi connectivity index (χ1v) is 6.27. The summed E-state index contributed by atoms with van der Waals surface area (Å²) in [5.74, 6) is -0.000833. The third kappa shape index (κ3) is 2.72. The van der Waals surface area contributed by atoms with Crippen molar-refractivity contribution in [1.29, 1.82) is 0 Å². The average Bonchev–Trinajstić information content (AvgIpc) is 2.81. The lowest BCUT2D eigenvalue weighted by Crippen LogP contribution is -2.30. The number of nitrogens with zero attached hydrogens (tertiary/aromatic N) is 1. The fourth-order valence-electron chi connectivity index (χ4n) is 2.46. The molecular weight excluding hydrogens is 244 g/mol. The van der Waals surface area contributed by atoms with E-state index in [1.807, 2.05) is 13.0 Å². The molecule has 2 atom stereocenters. The van der Waals surface area contributed by atoms with Crippen LogP contribution < -0.4 is 5.73 Å². The molecule has 1 aliphatic heterocycles. The number of nitrogens with two attached hydrogens (primary N) is 1. The summed E-state index contributed by atoms with van der Waals surface area (Å²) < 4.78 is 10.7.